The highest BCUT2D eigenvalue weighted by molar-refractivity contribution is 5.45. The highest BCUT2D eigenvalue weighted by Gasteiger charge is 2.51. The number of rotatable bonds is 0. The SMILES string of the molecule is [2H]c1c([2H])c2c(c([2H])c1O)[C@]13CCCC[C@H]1[C@H](C2)NCC3. The van der Waals surface area contributed by atoms with E-state index in [1.54, 1.807) is 0 Å². The van der Waals surface area contributed by atoms with Gasteiger partial charge in [0.15, 0.2) is 0 Å². The van der Waals surface area contributed by atoms with Crippen molar-refractivity contribution in [3.05, 3.63) is 29.3 Å². The van der Waals surface area contributed by atoms with E-state index in [1.807, 2.05) is 0 Å². The molecule has 1 saturated heterocycles. The summed E-state index contributed by atoms with van der Waals surface area (Å²) in [7, 11) is 0. The molecular formula is C16H21NO. The predicted octanol–water partition coefficient (Wildman–Crippen LogP) is 2.74. The Morgan fingerprint density at radius 3 is 3.22 bits per heavy atom. The zero-order valence-electron chi connectivity index (χ0n) is 13.6. The lowest BCUT2D eigenvalue weighted by Gasteiger charge is -2.56. The minimum atomic E-state index is -0.297. The Labute approximate surface area is 113 Å². The molecule has 2 fully saturated rings. The van der Waals surface area contributed by atoms with Crippen molar-refractivity contribution in [3.8, 4) is 5.75 Å². The van der Waals surface area contributed by atoms with Gasteiger partial charge in [-0.1, -0.05) is 18.9 Å². The molecule has 1 aliphatic heterocycles. The molecule has 2 bridgehead atoms. The lowest BCUT2D eigenvalue weighted by molar-refractivity contribution is 0.0795. The third kappa shape index (κ3) is 1.33. The van der Waals surface area contributed by atoms with Crippen molar-refractivity contribution < 1.29 is 9.22 Å². The van der Waals surface area contributed by atoms with E-state index >= 15 is 0 Å². The van der Waals surface area contributed by atoms with Crippen LogP contribution in [0.3, 0.4) is 0 Å². The zero-order chi connectivity index (χ0) is 14.8. The maximum absolute atomic E-state index is 10.1. The predicted molar refractivity (Wildman–Crippen MR) is 71.9 cm³/mol. The fourth-order valence-corrected chi connectivity index (χ4v) is 4.66. The number of hydrogen-bond donors (Lipinski definition) is 2. The third-order valence-electron chi connectivity index (χ3n) is 5.36. The van der Waals surface area contributed by atoms with Gasteiger partial charge in [0, 0.05) is 11.5 Å². The normalized spacial score (nSPS) is 40.1. The van der Waals surface area contributed by atoms with E-state index in [0.29, 0.717) is 12.0 Å². The molecule has 96 valence electrons. The second-order valence-corrected chi connectivity index (χ2v) is 6.10. The topological polar surface area (TPSA) is 32.3 Å². The molecule has 0 radical (unpaired) electrons. The minimum absolute atomic E-state index is 0.0419. The molecule has 3 aliphatic rings. The van der Waals surface area contributed by atoms with E-state index in [9.17, 15) is 5.11 Å². The minimum Gasteiger partial charge on any atom is -0.508 e. The van der Waals surface area contributed by atoms with Crippen LogP contribution in [0.5, 0.6) is 5.75 Å². The van der Waals surface area contributed by atoms with E-state index in [4.69, 9.17) is 4.11 Å². The molecule has 2 nitrogen and oxygen atoms in total. The van der Waals surface area contributed by atoms with E-state index in [1.165, 1.54) is 19.3 Å². The average molecular weight is 246 g/mol. The van der Waals surface area contributed by atoms with Crippen molar-refractivity contribution in [1.82, 2.24) is 5.32 Å². The monoisotopic (exact) mass is 246 g/mol. The summed E-state index contributed by atoms with van der Waals surface area (Å²) >= 11 is 0. The molecular weight excluding hydrogens is 222 g/mol. The molecule has 1 saturated carbocycles. The molecule has 0 aromatic heterocycles. The summed E-state index contributed by atoms with van der Waals surface area (Å²) in [6.45, 7) is 0.955. The highest BCUT2D eigenvalue weighted by Crippen LogP contribution is 2.54. The van der Waals surface area contributed by atoms with Gasteiger partial charge in [0.25, 0.3) is 0 Å². The fourth-order valence-electron chi connectivity index (χ4n) is 4.66. The summed E-state index contributed by atoms with van der Waals surface area (Å²) in [6, 6.07) is 0.454. The molecule has 1 aromatic carbocycles. The number of aromatic hydroxyl groups is 1. The van der Waals surface area contributed by atoms with Crippen molar-refractivity contribution in [2.45, 2.75) is 50.0 Å². The molecule has 0 spiro atoms. The Kier molecular flexibility index (Phi) is 1.70. The summed E-state index contributed by atoms with van der Waals surface area (Å²) in [6.07, 6.45) is 6.36. The van der Waals surface area contributed by atoms with Gasteiger partial charge < -0.3 is 10.4 Å². The lowest BCUT2D eigenvalue weighted by Crippen LogP contribution is -2.59. The van der Waals surface area contributed by atoms with Gasteiger partial charge in [-0.05, 0) is 61.4 Å². The van der Waals surface area contributed by atoms with Crippen LogP contribution in [0.15, 0.2) is 18.1 Å². The van der Waals surface area contributed by atoms with Crippen molar-refractivity contribution in [1.29, 1.82) is 0 Å². The van der Waals surface area contributed by atoms with Crippen molar-refractivity contribution in [2.75, 3.05) is 6.54 Å². The van der Waals surface area contributed by atoms with E-state index in [0.717, 1.165) is 36.9 Å². The van der Waals surface area contributed by atoms with Gasteiger partial charge in [0.05, 0.1) is 4.11 Å². The van der Waals surface area contributed by atoms with Crippen LogP contribution in [-0.2, 0) is 11.8 Å². The molecule has 2 heteroatoms. The van der Waals surface area contributed by atoms with Gasteiger partial charge >= 0.3 is 0 Å². The van der Waals surface area contributed by atoms with Gasteiger partial charge in [-0.25, -0.2) is 0 Å². The molecule has 18 heavy (non-hydrogen) atoms. The van der Waals surface area contributed by atoms with E-state index in [-0.39, 0.29) is 29.3 Å². The first kappa shape index (κ1) is 8.21. The van der Waals surface area contributed by atoms with Gasteiger partial charge in [-0.3, -0.25) is 0 Å². The second kappa shape index (κ2) is 3.74. The van der Waals surface area contributed by atoms with Gasteiger partial charge in [-0.2, -0.15) is 0 Å². The van der Waals surface area contributed by atoms with Crippen LogP contribution in [0, 0.1) is 5.92 Å². The zero-order valence-corrected chi connectivity index (χ0v) is 10.6. The molecule has 0 amide bonds. The molecule has 2 N–H and O–H groups in total. The molecule has 1 heterocycles. The van der Waals surface area contributed by atoms with Crippen molar-refractivity contribution in [3.63, 3.8) is 0 Å². The van der Waals surface area contributed by atoms with Crippen LogP contribution in [0.1, 0.15) is 47.3 Å². The molecule has 3 atom stereocenters. The summed E-state index contributed by atoms with van der Waals surface area (Å²) in [5, 5.41) is 13.7. The molecule has 4 rings (SSSR count). The Balaban J connectivity index is 2.02. The molecule has 2 aliphatic carbocycles. The summed E-state index contributed by atoms with van der Waals surface area (Å²) < 4.78 is 24.5. The first-order valence-electron chi connectivity index (χ1n) is 8.62. The van der Waals surface area contributed by atoms with Crippen molar-refractivity contribution >= 4 is 0 Å². The third-order valence-corrected chi connectivity index (χ3v) is 5.36. The van der Waals surface area contributed by atoms with Crippen molar-refractivity contribution in [2.24, 2.45) is 5.92 Å². The standard InChI is InChI=1S/C16H21NO/c18-12-5-4-11-9-15-13-3-1-2-6-16(13,7-8-17-15)14(11)10-12/h4-5,10,13,15,17-18H,1-3,6-9H2/t13-,15-,16-/m0/s1/i4D,5D,10D. The summed E-state index contributed by atoms with van der Waals surface area (Å²) in [5.41, 5.74) is 1.71. The number of piperidine rings is 1. The first-order chi connectivity index (χ1) is 10.1. The van der Waals surface area contributed by atoms with Crippen LogP contribution in [0.4, 0.5) is 0 Å². The van der Waals surface area contributed by atoms with Crippen LogP contribution < -0.4 is 5.32 Å². The van der Waals surface area contributed by atoms with Gasteiger partial charge in [0.2, 0.25) is 0 Å². The van der Waals surface area contributed by atoms with Crippen LogP contribution in [0.2, 0.25) is 0 Å². The molecule has 0 unspecified atom stereocenters. The summed E-state index contributed by atoms with van der Waals surface area (Å²) in [4.78, 5) is 0. The van der Waals surface area contributed by atoms with Gasteiger partial charge in [0.1, 0.15) is 5.75 Å². The smallest absolute Gasteiger partial charge is 0.115 e. The van der Waals surface area contributed by atoms with Crippen LogP contribution >= 0.6 is 0 Å². The van der Waals surface area contributed by atoms with E-state index < -0.39 is 0 Å². The first-order valence-corrected chi connectivity index (χ1v) is 7.12. The van der Waals surface area contributed by atoms with Crippen LogP contribution in [-0.4, -0.2) is 17.7 Å². The largest absolute Gasteiger partial charge is 0.508 e. The number of phenolic OH excluding ortho intramolecular Hbond substituents is 1. The maximum atomic E-state index is 10.1. The average Bonchev–Trinajstić information content (AvgIpc) is 2.50. The fraction of sp³-hybridized carbons (Fsp3) is 0.625. The number of fused-ring (bicyclic) bond motifs is 1. The second-order valence-electron chi connectivity index (χ2n) is 6.10. The Morgan fingerprint density at radius 1 is 1.33 bits per heavy atom. The Bertz CT molecular complexity index is 614. The number of benzene rings is 1. The summed E-state index contributed by atoms with van der Waals surface area (Å²) in [5.74, 6) is 0.224. The Morgan fingerprint density at radius 2 is 2.28 bits per heavy atom. The molecule has 1 aromatic rings. The quantitative estimate of drug-likeness (QED) is 0.738. The number of phenols is 1. The maximum Gasteiger partial charge on any atom is 0.115 e. The van der Waals surface area contributed by atoms with E-state index in [2.05, 4.69) is 5.32 Å². The van der Waals surface area contributed by atoms with Gasteiger partial charge in [-0.15, -0.1) is 0 Å². The number of nitrogens with one attached hydrogen (secondary N) is 1. The lowest BCUT2D eigenvalue weighted by atomic mass is 9.53. The van der Waals surface area contributed by atoms with Crippen LogP contribution in [0.25, 0.3) is 0 Å². The number of hydrogen-bond acceptors (Lipinski definition) is 2. The highest BCUT2D eigenvalue weighted by atomic mass is 16.3. The Hall–Kier alpha value is -1.02.